The van der Waals surface area contributed by atoms with E-state index in [1.54, 1.807) is 0 Å². The molecule has 2 heterocycles. The van der Waals surface area contributed by atoms with Crippen LogP contribution in [0.1, 0.15) is 12.7 Å². The van der Waals surface area contributed by atoms with Crippen LogP contribution >= 0.6 is 7.14 Å². The minimum Gasteiger partial charge on any atom is -0.308 e. The van der Waals surface area contributed by atoms with Crippen molar-refractivity contribution < 1.29 is 4.57 Å². The van der Waals surface area contributed by atoms with E-state index in [1.165, 1.54) is 21.9 Å². The lowest BCUT2D eigenvalue weighted by Crippen LogP contribution is -2.33. The van der Waals surface area contributed by atoms with Crippen molar-refractivity contribution in [3.8, 4) is 27.9 Å². The number of aromatic nitrogens is 2. The molecule has 1 unspecified atom stereocenters. The molecule has 0 bridgehead atoms. The standard InChI is InChI=1S/C37H27N2OP/c1-2-35-38-32-16-10-18-34-37(32)39(35)36-31(15-9-17-33(36)41(34,40)30-13-7-4-8-14-30)29-22-21-27-23-26(19-20-28(27)24-29)25-11-5-3-6-12-25/h3-24H,2H2,1H3. The first-order valence-electron chi connectivity index (χ1n) is 14.1. The Morgan fingerprint density at radius 1 is 0.634 bits per heavy atom. The SMILES string of the molecule is CCc1nc2cccc3c2n1-c1c(-c2ccc4cc(-c5ccccc5)ccc4c2)cccc1P3(=O)c1ccccc1. The molecule has 0 saturated heterocycles. The molecule has 41 heavy (non-hydrogen) atoms. The summed E-state index contributed by atoms with van der Waals surface area (Å²) < 4.78 is 17.8. The van der Waals surface area contributed by atoms with Gasteiger partial charge in [-0.05, 0) is 57.8 Å². The monoisotopic (exact) mass is 546 g/mol. The molecular weight excluding hydrogens is 519 g/mol. The number of nitrogens with zero attached hydrogens (tertiary/aromatic N) is 2. The Kier molecular flexibility index (Phi) is 5.39. The Bertz CT molecular complexity index is 2160. The number of hydrogen-bond acceptors (Lipinski definition) is 2. The van der Waals surface area contributed by atoms with Gasteiger partial charge in [0.2, 0.25) is 0 Å². The summed E-state index contributed by atoms with van der Waals surface area (Å²) in [5.41, 5.74) is 7.42. The number of para-hydroxylation sites is 2. The summed E-state index contributed by atoms with van der Waals surface area (Å²) >= 11 is 0. The summed E-state index contributed by atoms with van der Waals surface area (Å²) in [6.45, 7) is 2.14. The van der Waals surface area contributed by atoms with Crippen molar-refractivity contribution in [3.05, 3.63) is 139 Å². The van der Waals surface area contributed by atoms with Crippen LogP contribution in [0.2, 0.25) is 0 Å². The van der Waals surface area contributed by atoms with Gasteiger partial charge in [-0.15, -0.1) is 0 Å². The molecule has 0 aliphatic carbocycles. The second-order valence-corrected chi connectivity index (χ2v) is 13.3. The van der Waals surface area contributed by atoms with Crippen molar-refractivity contribution in [2.75, 3.05) is 0 Å². The molecule has 0 spiro atoms. The number of aryl methyl sites for hydroxylation is 1. The van der Waals surface area contributed by atoms with Gasteiger partial charge in [0.05, 0.1) is 16.7 Å². The van der Waals surface area contributed by atoms with Crippen molar-refractivity contribution in [2.24, 2.45) is 0 Å². The van der Waals surface area contributed by atoms with Crippen LogP contribution in [0.25, 0.3) is 49.7 Å². The first-order valence-corrected chi connectivity index (χ1v) is 15.8. The maximum Gasteiger partial charge on any atom is 0.175 e. The van der Waals surface area contributed by atoms with Crippen molar-refractivity contribution >= 4 is 44.9 Å². The van der Waals surface area contributed by atoms with Crippen LogP contribution in [-0.4, -0.2) is 9.55 Å². The van der Waals surface area contributed by atoms with Crippen LogP contribution in [0.3, 0.4) is 0 Å². The van der Waals surface area contributed by atoms with Gasteiger partial charge < -0.3 is 4.57 Å². The Hall–Kier alpha value is -4.72. The molecule has 1 atom stereocenters. The highest BCUT2D eigenvalue weighted by atomic mass is 31.2. The summed E-state index contributed by atoms with van der Waals surface area (Å²) in [7, 11) is -3.16. The third kappa shape index (κ3) is 3.53. The van der Waals surface area contributed by atoms with E-state index in [0.29, 0.717) is 0 Å². The van der Waals surface area contributed by atoms with E-state index in [9.17, 15) is 0 Å². The second kappa shape index (κ2) is 9.16. The van der Waals surface area contributed by atoms with E-state index in [2.05, 4.69) is 90.4 Å². The fourth-order valence-electron chi connectivity index (χ4n) is 6.41. The fourth-order valence-corrected chi connectivity index (χ4v) is 9.44. The molecule has 0 fully saturated rings. The van der Waals surface area contributed by atoms with Gasteiger partial charge in [-0.1, -0.05) is 110 Å². The molecule has 6 aromatic carbocycles. The second-order valence-electron chi connectivity index (χ2n) is 10.6. The van der Waals surface area contributed by atoms with Crippen molar-refractivity contribution in [3.63, 3.8) is 0 Å². The van der Waals surface area contributed by atoms with E-state index >= 15 is 4.57 Å². The van der Waals surface area contributed by atoms with E-state index in [4.69, 9.17) is 4.98 Å². The minimum atomic E-state index is -3.16. The molecule has 1 aromatic heterocycles. The van der Waals surface area contributed by atoms with Crippen LogP contribution < -0.4 is 15.9 Å². The quantitative estimate of drug-likeness (QED) is 0.210. The lowest BCUT2D eigenvalue weighted by atomic mass is 9.97. The van der Waals surface area contributed by atoms with Crippen LogP contribution in [0.4, 0.5) is 0 Å². The van der Waals surface area contributed by atoms with Crippen LogP contribution in [-0.2, 0) is 11.0 Å². The molecule has 1 aliphatic heterocycles. The maximum absolute atomic E-state index is 15.5. The van der Waals surface area contributed by atoms with Crippen LogP contribution in [0.15, 0.2) is 133 Å². The molecule has 0 saturated carbocycles. The third-order valence-electron chi connectivity index (χ3n) is 8.34. The Balaban J connectivity index is 1.40. The summed E-state index contributed by atoms with van der Waals surface area (Å²) in [5, 5.41) is 4.95. The van der Waals surface area contributed by atoms with E-state index in [0.717, 1.165) is 56.0 Å². The van der Waals surface area contributed by atoms with E-state index in [1.807, 2.05) is 54.6 Å². The van der Waals surface area contributed by atoms with Gasteiger partial charge in [-0.2, -0.15) is 0 Å². The highest BCUT2D eigenvalue weighted by molar-refractivity contribution is 7.86. The molecule has 0 radical (unpaired) electrons. The van der Waals surface area contributed by atoms with Gasteiger partial charge in [0.1, 0.15) is 5.82 Å². The molecule has 0 N–H and O–H groups in total. The van der Waals surface area contributed by atoms with Gasteiger partial charge in [-0.3, -0.25) is 4.57 Å². The molecule has 7 aromatic rings. The zero-order chi connectivity index (χ0) is 27.6. The minimum absolute atomic E-state index is 0.775. The largest absolute Gasteiger partial charge is 0.308 e. The topological polar surface area (TPSA) is 34.9 Å². The summed E-state index contributed by atoms with van der Waals surface area (Å²) in [4.78, 5) is 5.03. The predicted octanol–water partition coefficient (Wildman–Crippen LogP) is 8.03. The number of benzene rings is 6. The van der Waals surface area contributed by atoms with Gasteiger partial charge >= 0.3 is 0 Å². The maximum atomic E-state index is 15.5. The average molecular weight is 547 g/mol. The smallest absolute Gasteiger partial charge is 0.175 e. The zero-order valence-corrected chi connectivity index (χ0v) is 23.6. The van der Waals surface area contributed by atoms with Gasteiger partial charge in [0, 0.05) is 27.9 Å². The molecular formula is C37H27N2OP. The summed E-state index contributed by atoms with van der Waals surface area (Å²) in [6.07, 6.45) is 0.775. The number of fused-ring (bicyclic) bond motifs is 3. The number of rotatable bonds is 4. The zero-order valence-electron chi connectivity index (χ0n) is 22.7. The van der Waals surface area contributed by atoms with Crippen LogP contribution in [0, 0.1) is 0 Å². The van der Waals surface area contributed by atoms with Crippen molar-refractivity contribution in [1.29, 1.82) is 0 Å². The molecule has 4 heteroatoms. The third-order valence-corrected chi connectivity index (χ3v) is 11.4. The first-order chi connectivity index (χ1) is 20.2. The Morgan fingerprint density at radius 3 is 2.05 bits per heavy atom. The normalized spacial score (nSPS) is 15.7. The fraction of sp³-hybridized carbons (Fsp3) is 0.0541. The summed E-state index contributed by atoms with van der Waals surface area (Å²) in [5.74, 6) is 0.980. The highest BCUT2D eigenvalue weighted by Gasteiger charge is 2.40. The molecule has 0 amide bonds. The number of imidazole rings is 1. The van der Waals surface area contributed by atoms with Gasteiger partial charge in [0.25, 0.3) is 0 Å². The Labute approximate surface area is 239 Å². The molecule has 8 rings (SSSR count). The highest BCUT2D eigenvalue weighted by Crippen LogP contribution is 2.51. The van der Waals surface area contributed by atoms with E-state index < -0.39 is 7.14 Å². The molecule has 1 aliphatic rings. The average Bonchev–Trinajstić information content (AvgIpc) is 3.43. The molecule has 3 nitrogen and oxygen atoms in total. The lowest BCUT2D eigenvalue weighted by molar-refractivity contribution is 0.592. The number of hydrogen-bond donors (Lipinski definition) is 0. The Morgan fingerprint density at radius 2 is 1.29 bits per heavy atom. The first kappa shape index (κ1) is 24.1. The van der Waals surface area contributed by atoms with E-state index in [-0.39, 0.29) is 0 Å². The van der Waals surface area contributed by atoms with Gasteiger partial charge in [-0.25, -0.2) is 4.98 Å². The van der Waals surface area contributed by atoms with Crippen LogP contribution in [0.5, 0.6) is 0 Å². The van der Waals surface area contributed by atoms with Crippen molar-refractivity contribution in [1.82, 2.24) is 9.55 Å². The lowest BCUT2D eigenvalue weighted by Gasteiger charge is -2.30. The molecule has 196 valence electrons. The van der Waals surface area contributed by atoms with Crippen molar-refractivity contribution in [2.45, 2.75) is 13.3 Å². The van der Waals surface area contributed by atoms with Gasteiger partial charge in [0.15, 0.2) is 7.14 Å². The predicted molar refractivity (Wildman–Crippen MR) is 172 cm³/mol. The summed E-state index contributed by atoms with van der Waals surface area (Å²) in [6, 6.07) is 46.1.